The van der Waals surface area contributed by atoms with E-state index in [0.29, 0.717) is 6.42 Å². The molecular formula is C17H19NO2S. The minimum atomic E-state index is -0.269. The predicted octanol–water partition coefficient (Wildman–Crippen LogP) is 2.79. The molecule has 0 spiro atoms. The number of benzene rings is 1. The Morgan fingerprint density at radius 3 is 2.71 bits per heavy atom. The molecule has 0 radical (unpaired) electrons. The zero-order chi connectivity index (χ0) is 15.1. The van der Waals surface area contributed by atoms with Crippen molar-refractivity contribution in [2.24, 2.45) is 0 Å². The van der Waals surface area contributed by atoms with Gasteiger partial charge < -0.3 is 10.4 Å². The maximum atomic E-state index is 11.9. The lowest BCUT2D eigenvalue weighted by molar-refractivity contribution is -0.117. The molecule has 0 fully saturated rings. The highest BCUT2D eigenvalue weighted by Crippen LogP contribution is 2.16. The van der Waals surface area contributed by atoms with Crippen LogP contribution in [0.1, 0.15) is 16.0 Å². The number of hydrogen-bond donors (Lipinski definition) is 2. The molecule has 1 heterocycles. The minimum absolute atomic E-state index is 0.0769. The molecule has 0 saturated carbocycles. The van der Waals surface area contributed by atoms with Crippen molar-refractivity contribution < 1.29 is 9.90 Å². The van der Waals surface area contributed by atoms with Crippen LogP contribution in [0.25, 0.3) is 6.08 Å². The molecular weight excluding hydrogens is 282 g/mol. The molecule has 4 heteroatoms. The van der Waals surface area contributed by atoms with Crippen LogP contribution in [-0.4, -0.2) is 23.7 Å². The van der Waals surface area contributed by atoms with Gasteiger partial charge in [0.25, 0.3) is 0 Å². The number of hydrogen-bond acceptors (Lipinski definition) is 3. The quantitative estimate of drug-likeness (QED) is 0.806. The van der Waals surface area contributed by atoms with Gasteiger partial charge >= 0.3 is 0 Å². The van der Waals surface area contributed by atoms with Gasteiger partial charge in [-0.15, -0.1) is 11.3 Å². The maximum absolute atomic E-state index is 11.9. The van der Waals surface area contributed by atoms with E-state index in [1.165, 1.54) is 6.08 Å². The van der Waals surface area contributed by atoms with Crippen molar-refractivity contribution in [1.82, 2.24) is 5.32 Å². The summed E-state index contributed by atoms with van der Waals surface area (Å²) in [5, 5.41) is 14.2. The van der Waals surface area contributed by atoms with Crippen molar-refractivity contribution in [2.75, 3.05) is 6.61 Å². The Hall–Kier alpha value is -1.91. The highest BCUT2D eigenvalue weighted by Gasteiger charge is 2.10. The van der Waals surface area contributed by atoms with Crippen LogP contribution in [0, 0.1) is 6.92 Å². The Morgan fingerprint density at radius 1 is 1.33 bits per heavy atom. The van der Waals surface area contributed by atoms with Gasteiger partial charge in [0.15, 0.2) is 0 Å². The summed E-state index contributed by atoms with van der Waals surface area (Å²) < 4.78 is 0. The summed E-state index contributed by atoms with van der Waals surface area (Å²) in [4.78, 5) is 13.0. The summed E-state index contributed by atoms with van der Waals surface area (Å²) in [7, 11) is 0. The van der Waals surface area contributed by atoms with Crippen molar-refractivity contribution in [3.05, 3.63) is 63.9 Å². The van der Waals surface area contributed by atoms with Crippen LogP contribution in [0.15, 0.2) is 47.9 Å². The summed E-state index contributed by atoms with van der Waals surface area (Å²) in [5.41, 5.74) is 2.25. The molecule has 0 bridgehead atoms. The smallest absolute Gasteiger partial charge is 0.244 e. The second kappa shape index (κ2) is 7.76. The molecule has 110 valence electrons. The number of thiophene rings is 1. The second-order valence-electron chi connectivity index (χ2n) is 4.88. The SMILES string of the molecule is Cc1ccsc1/C=C/C(=O)N[C@H](CO)Cc1ccccc1. The normalized spacial score (nSPS) is 12.5. The number of aliphatic hydroxyl groups is 1. The van der Waals surface area contributed by atoms with Gasteiger partial charge in [-0.2, -0.15) is 0 Å². The molecule has 3 nitrogen and oxygen atoms in total. The fourth-order valence-electron chi connectivity index (χ4n) is 2.02. The summed E-state index contributed by atoms with van der Waals surface area (Å²) in [6.07, 6.45) is 3.95. The molecule has 2 rings (SSSR count). The molecule has 0 unspecified atom stereocenters. The Balaban J connectivity index is 1.91. The molecule has 0 aliphatic heterocycles. The molecule has 0 aliphatic carbocycles. The Kier molecular flexibility index (Phi) is 5.72. The van der Waals surface area contributed by atoms with Crippen LogP contribution >= 0.6 is 11.3 Å². The largest absolute Gasteiger partial charge is 0.394 e. The van der Waals surface area contributed by atoms with E-state index in [2.05, 4.69) is 5.32 Å². The first-order valence-electron chi connectivity index (χ1n) is 6.86. The standard InChI is InChI=1S/C17H19NO2S/c1-13-9-10-21-16(13)7-8-17(20)18-15(12-19)11-14-5-3-2-4-6-14/h2-10,15,19H,11-12H2,1H3,(H,18,20)/b8-7+/t15-/m0/s1. The van der Waals surface area contributed by atoms with E-state index in [-0.39, 0.29) is 18.6 Å². The topological polar surface area (TPSA) is 49.3 Å². The highest BCUT2D eigenvalue weighted by molar-refractivity contribution is 7.11. The van der Waals surface area contributed by atoms with E-state index in [9.17, 15) is 9.90 Å². The predicted molar refractivity (Wildman–Crippen MR) is 87.3 cm³/mol. The Morgan fingerprint density at radius 2 is 2.10 bits per heavy atom. The van der Waals surface area contributed by atoms with E-state index in [4.69, 9.17) is 0 Å². The first-order valence-corrected chi connectivity index (χ1v) is 7.74. The maximum Gasteiger partial charge on any atom is 0.244 e. The zero-order valence-corrected chi connectivity index (χ0v) is 12.8. The number of aryl methyl sites for hydroxylation is 1. The second-order valence-corrected chi connectivity index (χ2v) is 5.83. The average Bonchev–Trinajstić information content (AvgIpc) is 2.91. The van der Waals surface area contributed by atoms with E-state index < -0.39 is 0 Å². The minimum Gasteiger partial charge on any atom is -0.394 e. The molecule has 0 aliphatic rings. The van der Waals surface area contributed by atoms with Gasteiger partial charge in [0.2, 0.25) is 5.91 Å². The zero-order valence-electron chi connectivity index (χ0n) is 12.0. The van der Waals surface area contributed by atoms with Crippen LogP contribution in [0.5, 0.6) is 0 Å². The van der Waals surface area contributed by atoms with Gasteiger partial charge in [-0.1, -0.05) is 30.3 Å². The first-order chi connectivity index (χ1) is 10.2. The van der Waals surface area contributed by atoms with Crippen molar-refractivity contribution in [1.29, 1.82) is 0 Å². The number of nitrogens with one attached hydrogen (secondary N) is 1. The van der Waals surface area contributed by atoms with Crippen LogP contribution < -0.4 is 5.32 Å². The van der Waals surface area contributed by atoms with Crippen LogP contribution in [0.3, 0.4) is 0 Å². The van der Waals surface area contributed by atoms with E-state index in [1.54, 1.807) is 11.3 Å². The van der Waals surface area contributed by atoms with Crippen LogP contribution in [0.4, 0.5) is 0 Å². The van der Waals surface area contributed by atoms with E-state index >= 15 is 0 Å². The fourth-order valence-corrected chi connectivity index (χ4v) is 2.84. The van der Waals surface area contributed by atoms with Gasteiger partial charge in [0, 0.05) is 11.0 Å². The lowest BCUT2D eigenvalue weighted by Crippen LogP contribution is -2.38. The van der Waals surface area contributed by atoms with Crippen molar-refractivity contribution >= 4 is 23.3 Å². The average molecular weight is 301 g/mol. The number of aliphatic hydroxyl groups excluding tert-OH is 1. The number of rotatable bonds is 6. The van der Waals surface area contributed by atoms with Crippen LogP contribution in [-0.2, 0) is 11.2 Å². The highest BCUT2D eigenvalue weighted by atomic mass is 32.1. The lowest BCUT2D eigenvalue weighted by atomic mass is 10.1. The molecule has 1 aromatic carbocycles. The number of amides is 1. The molecule has 1 aromatic heterocycles. The monoisotopic (exact) mass is 301 g/mol. The Bertz CT molecular complexity index is 604. The number of carbonyl (C=O) groups is 1. The Labute approximate surface area is 128 Å². The molecule has 2 N–H and O–H groups in total. The van der Waals surface area contributed by atoms with Crippen molar-refractivity contribution in [2.45, 2.75) is 19.4 Å². The van der Waals surface area contributed by atoms with Crippen molar-refractivity contribution in [3.63, 3.8) is 0 Å². The molecule has 1 amide bonds. The first kappa shape index (κ1) is 15.5. The van der Waals surface area contributed by atoms with Gasteiger partial charge in [-0.25, -0.2) is 0 Å². The fraction of sp³-hybridized carbons (Fsp3) is 0.235. The van der Waals surface area contributed by atoms with Gasteiger partial charge in [0.1, 0.15) is 0 Å². The van der Waals surface area contributed by atoms with Crippen molar-refractivity contribution in [3.8, 4) is 0 Å². The third kappa shape index (κ3) is 4.85. The van der Waals surface area contributed by atoms with Gasteiger partial charge in [-0.05, 0) is 42.0 Å². The summed E-state index contributed by atoms with van der Waals surface area (Å²) in [6.45, 7) is 1.94. The van der Waals surface area contributed by atoms with Gasteiger partial charge in [0.05, 0.1) is 12.6 Å². The molecule has 1 atom stereocenters. The summed E-state index contributed by atoms with van der Waals surface area (Å²) in [6, 6.07) is 11.6. The lowest BCUT2D eigenvalue weighted by Gasteiger charge is -2.15. The van der Waals surface area contributed by atoms with E-state index in [0.717, 1.165) is 16.0 Å². The molecule has 2 aromatic rings. The molecule has 0 saturated heterocycles. The molecule has 21 heavy (non-hydrogen) atoms. The third-order valence-electron chi connectivity index (χ3n) is 3.18. The van der Waals surface area contributed by atoms with Crippen LogP contribution in [0.2, 0.25) is 0 Å². The third-order valence-corrected chi connectivity index (χ3v) is 4.16. The summed E-state index contributed by atoms with van der Waals surface area (Å²) in [5.74, 6) is -0.183. The van der Waals surface area contributed by atoms with E-state index in [1.807, 2.05) is 54.8 Å². The summed E-state index contributed by atoms with van der Waals surface area (Å²) >= 11 is 1.60. The van der Waals surface area contributed by atoms with Gasteiger partial charge in [-0.3, -0.25) is 4.79 Å². The number of carbonyl (C=O) groups excluding carboxylic acids is 1.